The monoisotopic (exact) mass is 221 g/mol. The van der Waals surface area contributed by atoms with E-state index in [1.807, 2.05) is 24.0 Å². The molecule has 0 bridgehead atoms. The lowest BCUT2D eigenvalue weighted by molar-refractivity contribution is -0.138. The topological polar surface area (TPSA) is 65.5 Å². The summed E-state index contributed by atoms with van der Waals surface area (Å²) in [5, 5.41) is 12.2. The Bertz CT molecular complexity index is 395. The number of aliphatic carboxylic acids is 1. The Kier molecular flexibility index (Phi) is 3.05. The van der Waals surface area contributed by atoms with Gasteiger partial charge >= 0.3 is 5.97 Å². The van der Waals surface area contributed by atoms with Crippen LogP contribution >= 0.6 is 0 Å². The molecule has 0 aliphatic carbocycles. The van der Waals surface area contributed by atoms with Gasteiger partial charge in [-0.3, -0.25) is 0 Å². The van der Waals surface area contributed by atoms with Crippen molar-refractivity contribution in [3.05, 3.63) is 23.9 Å². The number of pyridine rings is 1. The molecule has 86 valence electrons. The highest BCUT2D eigenvalue weighted by atomic mass is 16.4. The first-order valence-electron chi connectivity index (χ1n) is 5.31. The van der Waals surface area contributed by atoms with Gasteiger partial charge in [-0.05, 0) is 24.6 Å². The summed E-state index contributed by atoms with van der Waals surface area (Å²) in [5.74, 6) is -0.0654. The molecular formula is C11H15N3O2. The Labute approximate surface area is 94.1 Å². The molecule has 2 heterocycles. The normalized spacial score (nSPS) is 20.8. The molecule has 1 aromatic rings. The third-order valence-corrected chi connectivity index (χ3v) is 2.72. The highest BCUT2D eigenvalue weighted by Gasteiger charge is 2.29. The zero-order chi connectivity index (χ0) is 11.5. The summed E-state index contributed by atoms with van der Waals surface area (Å²) >= 11 is 0. The average molecular weight is 221 g/mol. The van der Waals surface area contributed by atoms with Crippen molar-refractivity contribution in [2.24, 2.45) is 0 Å². The largest absolute Gasteiger partial charge is 0.480 e. The standard InChI is InChI=1S/C11H15N3O2/c1-8-2-3-13-10(6-8)14-5-4-12-7-9(14)11(15)16/h2-3,6,9,12H,4-5,7H2,1H3,(H,15,16)/t9-/m1/s1. The van der Waals surface area contributed by atoms with Crippen LogP contribution in [-0.2, 0) is 4.79 Å². The van der Waals surface area contributed by atoms with Gasteiger partial charge in [-0.2, -0.15) is 0 Å². The second-order valence-corrected chi connectivity index (χ2v) is 3.94. The number of hydrogen-bond acceptors (Lipinski definition) is 4. The molecule has 0 radical (unpaired) electrons. The zero-order valence-electron chi connectivity index (χ0n) is 9.18. The molecule has 1 aliphatic heterocycles. The molecule has 0 spiro atoms. The number of carbonyl (C=O) groups is 1. The minimum Gasteiger partial charge on any atom is -0.480 e. The van der Waals surface area contributed by atoms with Crippen molar-refractivity contribution < 1.29 is 9.90 Å². The van der Waals surface area contributed by atoms with E-state index in [1.165, 1.54) is 0 Å². The third kappa shape index (κ3) is 2.14. The first-order chi connectivity index (χ1) is 7.68. The molecule has 16 heavy (non-hydrogen) atoms. The van der Waals surface area contributed by atoms with E-state index in [-0.39, 0.29) is 0 Å². The number of aromatic nitrogens is 1. The highest BCUT2D eigenvalue weighted by Crippen LogP contribution is 2.16. The van der Waals surface area contributed by atoms with Crippen LogP contribution in [0.25, 0.3) is 0 Å². The predicted octanol–water partition coefficient (Wildman–Crippen LogP) is 0.253. The number of nitrogens with one attached hydrogen (secondary N) is 1. The van der Waals surface area contributed by atoms with E-state index in [1.54, 1.807) is 6.20 Å². The lowest BCUT2D eigenvalue weighted by Crippen LogP contribution is -2.55. The molecule has 5 heteroatoms. The van der Waals surface area contributed by atoms with E-state index in [0.717, 1.165) is 17.9 Å². The van der Waals surface area contributed by atoms with Gasteiger partial charge in [0.25, 0.3) is 0 Å². The van der Waals surface area contributed by atoms with Gasteiger partial charge in [0.15, 0.2) is 0 Å². The van der Waals surface area contributed by atoms with Gasteiger partial charge in [0.05, 0.1) is 0 Å². The molecule has 0 aromatic carbocycles. The summed E-state index contributed by atoms with van der Waals surface area (Å²) in [5.41, 5.74) is 1.09. The minimum atomic E-state index is -0.810. The molecule has 1 atom stereocenters. The van der Waals surface area contributed by atoms with Crippen LogP contribution in [0.4, 0.5) is 5.82 Å². The fourth-order valence-electron chi connectivity index (χ4n) is 1.88. The number of piperazine rings is 1. The molecule has 1 fully saturated rings. The third-order valence-electron chi connectivity index (χ3n) is 2.72. The fourth-order valence-corrected chi connectivity index (χ4v) is 1.88. The predicted molar refractivity (Wildman–Crippen MR) is 60.6 cm³/mol. The first-order valence-corrected chi connectivity index (χ1v) is 5.31. The van der Waals surface area contributed by atoms with E-state index in [2.05, 4.69) is 10.3 Å². The number of nitrogens with zero attached hydrogens (tertiary/aromatic N) is 2. The van der Waals surface area contributed by atoms with Crippen LogP contribution < -0.4 is 10.2 Å². The van der Waals surface area contributed by atoms with Gasteiger partial charge < -0.3 is 15.3 Å². The number of anilines is 1. The van der Waals surface area contributed by atoms with Crippen molar-refractivity contribution in [1.82, 2.24) is 10.3 Å². The fraction of sp³-hybridized carbons (Fsp3) is 0.455. The lowest BCUT2D eigenvalue weighted by Gasteiger charge is -2.34. The van der Waals surface area contributed by atoms with Gasteiger partial charge in [-0.1, -0.05) is 0 Å². The van der Waals surface area contributed by atoms with Crippen LogP contribution in [0.15, 0.2) is 18.3 Å². The lowest BCUT2D eigenvalue weighted by atomic mass is 10.2. The zero-order valence-corrected chi connectivity index (χ0v) is 9.18. The van der Waals surface area contributed by atoms with Crippen molar-refractivity contribution in [2.75, 3.05) is 24.5 Å². The maximum absolute atomic E-state index is 11.1. The number of hydrogen-bond donors (Lipinski definition) is 2. The summed E-state index contributed by atoms with van der Waals surface area (Å²) in [6, 6.07) is 3.30. The molecule has 0 amide bonds. The Morgan fingerprint density at radius 2 is 2.50 bits per heavy atom. The first kappa shape index (κ1) is 10.9. The summed E-state index contributed by atoms with van der Waals surface area (Å²) in [6.45, 7) is 3.90. The number of carboxylic acid groups (broad SMARTS) is 1. The van der Waals surface area contributed by atoms with Crippen LogP contribution in [0, 0.1) is 6.92 Å². The number of carboxylic acids is 1. The quantitative estimate of drug-likeness (QED) is 0.749. The van der Waals surface area contributed by atoms with Crippen LogP contribution in [0.5, 0.6) is 0 Å². The van der Waals surface area contributed by atoms with Crippen LogP contribution in [0.1, 0.15) is 5.56 Å². The number of rotatable bonds is 2. The highest BCUT2D eigenvalue weighted by molar-refractivity contribution is 5.78. The Hall–Kier alpha value is -1.62. The van der Waals surface area contributed by atoms with Crippen LogP contribution in [0.2, 0.25) is 0 Å². The van der Waals surface area contributed by atoms with Gasteiger partial charge in [-0.25, -0.2) is 9.78 Å². The molecule has 2 rings (SSSR count). The molecule has 2 N–H and O–H groups in total. The van der Waals surface area contributed by atoms with Gasteiger partial charge in [0.1, 0.15) is 11.9 Å². The van der Waals surface area contributed by atoms with Crippen LogP contribution in [-0.4, -0.2) is 41.7 Å². The molecule has 1 saturated heterocycles. The molecule has 1 aromatic heterocycles. The smallest absolute Gasteiger partial charge is 0.327 e. The summed E-state index contributed by atoms with van der Waals surface area (Å²) in [4.78, 5) is 17.2. The van der Waals surface area contributed by atoms with E-state index in [0.29, 0.717) is 13.1 Å². The second-order valence-electron chi connectivity index (χ2n) is 3.94. The molecule has 1 aliphatic rings. The average Bonchev–Trinajstić information content (AvgIpc) is 2.29. The van der Waals surface area contributed by atoms with E-state index in [4.69, 9.17) is 5.11 Å². The van der Waals surface area contributed by atoms with E-state index in [9.17, 15) is 4.79 Å². The number of aryl methyl sites for hydroxylation is 1. The Morgan fingerprint density at radius 1 is 1.69 bits per heavy atom. The summed E-state index contributed by atoms with van der Waals surface area (Å²) in [6.07, 6.45) is 1.71. The van der Waals surface area contributed by atoms with E-state index < -0.39 is 12.0 Å². The van der Waals surface area contributed by atoms with Crippen molar-refractivity contribution in [3.8, 4) is 0 Å². The SMILES string of the molecule is Cc1ccnc(N2CCNC[C@@H]2C(=O)O)c1. The van der Waals surface area contributed by atoms with Gasteiger partial charge in [0.2, 0.25) is 0 Å². The molecule has 0 saturated carbocycles. The maximum atomic E-state index is 11.1. The summed E-state index contributed by atoms with van der Waals surface area (Å²) < 4.78 is 0. The van der Waals surface area contributed by atoms with Gasteiger partial charge in [-0.15, -0.1) is 0 Å². The maximum Gasteiger partial charge on any atom is 0.327 e. The Morgan fingerprint density at radius 3 is 3.19 bits per heavy atom. The van der Waals surface area contributed by atoms with Crippen LogP contribution in [0.3, 0.4) is 0 Å². The van der Waals surface area contributed by atoms with Crippen molar-refractivity contribution >= 4 is 11.8 Å². The minimum absolute atomic E-state index is 0.463. The Balaban J connectivity index is 2.26. The molecule has 5 nitrogen and oxygen atoms in total. The van der Waals surface area contributed by atoms with Crippen molar-refractivity contribution in [1.29, 1.82) is 0 Å². The van der Waals surface area contributed by atoms with Crippen molar-refractivity contribution in [3.63, 3.8) is 0 Å². The summed E-state index contributed by atoms with van der Waals surface area (Å²) in [7, 11) is 0. The van der Waals surface area contributed by atoms with Gasteiger partial charge in [0, 0.05) is 25.8 Å². The second kappa shape index (κ2) is 4.49. The molecular weight excluding hydrogens is 206 g/mol. The molecule has 0 unspecified atom stereocenters. The van der Waals surface area contributed by atoms with Crippen molar-refractivity contribution in [2.45, 2.75) is 13.0 Å². The van der Waals surface area contributed by atoms with E-state index >= 15 is 0 Å².